The summed E-state index contributed by atoms with van der Waals surface area (Å²) in [5.74, 6) is -0.155. The Kier molecular flexibility index (Phi) is 3.31. The summed E-state index contributed by atoms with van der Waals surface area (Å²) in [5.41, 5.74) is 6.64. The Hall–Kier alpha value is -1.00. The zero-order chi connectivity index (χ0) is 13.5. The fourth-order valence-corrected chi connectivity index (χ4v) is 4.42. The number of primary amides is 1. The molecule has 1 amide bonds. The molecule has 1 saturated heterocycles. The summed E-state index contributed by atoms with van der Waals surface area (Å²) in [6, 6.07) is 8.65. The largest absolute Gasteiger partial charge is 0.369 e. The SMILES string of the molecule is CC1(C(N)=O)CCN(CC2Cc3ccccc3S2)C1. The number of nitrogens with zero attached hydrogens (tertiary/aromatic N) is 1. The lowest BCUT2D eigenvalue weighted by Crippen LogP contribution is -2.38. The average Bonchev–Trinajstić information content (AvgIpc) is 2.93. The lowest BCUT2D eigenvalue weighted by Gasteiger charge is -2.23. The number of hydrogen-bond donors (Lipinski definition) is 1. The Morgan fingerprint density at radius 2 is 2.32 bits per heavy atom. The molecule has 2 heterocycles. The molecule has 3 rings (SSSR count). The maximum atomic E-state index is 11.5. The van der Waals surface area contributed by atoms with E-state index in [-0.39, 0.29) is 11.3 Å². The van der Waals surface area contributed by atoms with Gasteiger partial charge in [0.2, 0.25) is 5.91 Å². The molecular formula is C15H20N2OS. The zero-order valence-corrected chi connectivity index (χ0v) is 12.1. The molecule has 2 unspecified atom stereocenters. The van der Waals surface area contributed by atoms with E-state index in [1.165, 1.54) is 10.5 Å². The predicted octanol–water partition coefficient (Wildman–Crippen LogP) is 1.90. The van der Waals surface area contributed by atoms with Crippen molar-refractivity contribution in [3.05, 3.63) is 29.8 Å². The van der Waals surface area contributed by atoms with Crippen LogP contribution in [0.4, 0.5) is 0 Å². The third-order valence-electron chi connectivity index (χ3n) is 4.32. The normalized spacial score (nSPS) is 30.5. The molecule has 0 spiro atoms. The highest BCUT2D eigenvalue weighted by Gasteiger charge is 2.39. The number of nitrogens with two attached hydrogens (primary N) is 1. The van der Waals surface area contributed by atoms with Crippen molar-refractivity contribution in [1.82, 2.24) is 4.90 Å². The van der Waals surface area contributed by atoms with Crippen LogP contribution < -0.4 is 5.73 Å². The van der Waals surface area contributed by atoms with Crippen molar-refractivity contribution in [2.24, 2.45) is 11.1 Å². The van der Waals surface area contributed by atoms with Gasteiger partial charge in [-0.25, -0.2) is 0 Å². The van der Waals surface area contributed by atoms with E-state index in [1.807, 2.05) is 18.7 Å². The van der Waals surface area contributed by atoms with Gasteiger partial charge in [-0.15, -0.1) is 11.8 Å². The molecule has 19 heavy (non-hydrogen) atoms. The van der Waals surface area contributed by atoms with Crippen LogP contribution in [0.3, 0.4) is 0 Å². The number of carbonyl (C=O) groups excluding carboxylic acids is 1. The molecule has 2 atom stereocenters. The van der Waals surface area contributed by atoms with Gasteiger partial charge in [-0.1, -0.05) is 18.2 Å². The van der Waals surface area contributed by atoms with E-state index in [1.54, 1.807) is 0 Å². The second kappa shape index (κ2) is 4.84. The second-order valence-corrected chi connectivity index (χ2v) is 7.30. The summed E-state index contributed by atoms with van der Waals surface area (Å²) < 4.78 is 0. The molecule has 1 aromatic carbocycles. The maximum Gasteiger partial charge on any atom is 0.224 e. The molecule has 3 nitrogen and oxygen atoms in total. The summed E-state index contributed by atoms with van der Waals surface area (Å²) in [4.78, 5) is 15.3. The summed E-state index contributed by atoms with van der Waals surface area (Å²) >= 11 is 1.97. The first-order chi connectivity index (χ1) is 9.07. The smallest absolute Gasteiger partial charge is 0.224 e. The highest BCUT2D eigenvalue weighted by molar-refractivity contribution is 8.00. The van der Waals surface area contributed by atoms with Crippen LogP contribution in [0.25, 0.3) is 0 Å². The van der Waals surface area contributed by atoms with E-state index < -0.39 is 0 Å². The number of amides is 1. The van der Waals surface area contributed by atoms with Gasteiger partial charge in [-0.05, 0) is 37.9 Å². The number of fused-ring (bicyclic) bond motifs is 1. The van der Waals surface area contributed by atoms with Gasteiger partial charge in [0.05, 0.1) is 5.41 Å². The minimum Gasteiger partial charge on any atom is -0.369 e. The van der Waals surface area contributed by atoms with E-state index in [2.05, 4.69) is 29.2 Å². The predicted molar refractivity (Wildman–Crippen MR) is 78.1 cm³/mol. The van der Waals surface area contributed by atoms with Gasteiger partial charge in [0, 0.05) is 23.2 Å². The molecule has 0 aliphatic carbocycles. The van der Waals surface area contributed by atoms with E-state index >= 15 is 0 Å². The molecule has 4 heteroatoms. The van der Waals surface area contributed by atoms with Gasteiger partial charge >= 0.3 is 0 Å². The first-order valence-electron chi connectivity index (χ1n) is 6.84. The first-order valence-corrected chi connectivity index (χ1v) is 7.72. The number of benzene rings is 1. The molecule has 0 saturated carbocycles. The van der Waals surface area contributed by atoms with Crippen molar-refractivity contribution in [2.45, 2.75) is 29.9 Å². The number of likely N-dealkylation sites (tertiary alicyclic amines) is 1. The van der Waals surface area contributed by atoms with Crippen LogP contribution in [0, 0.1) is 5.41 Å². The fraction of sp³-hybridized carbons (Fsp3) is 0.533. The summed E-state index contributed by atoms with van der Waals surface area (Å²) in [5, 5.41) is 0.618. The number of rotatable bonds is 3. The van der Waals surface area contributed by atoms with E-state index in [4.69, 9.17) is 5.73 Å². The fourth-order valence-electron chi connectivity index (χ4n) is 3.06. The molecule has 0 radical (unpaired) electrons. The summed E-state index contributed by atoms with van der Waals surface area (Å²) in [6.07, 6.45) is 2.04. The Balaban J connectivity index is 1.59. The molecule has 1 aromatic rings. The van der Waals surface area contributed by atoms with Gasteiger partial charge in [-0.2, -0.15) is 0 Å². The quantitative estimate of drug-likeness (QED) is 0.917. The van der Waals surface area contributed by atoms with Crippen LogP contribution in [-0.2, 0) is 11.2 Å². The van der Waals surface area contributed by atoms with Crippen molar-refractivity contribution in [3.8, 4) is 0 Å². The van der Waals surface area contributed by atoms with Crippen molar-refractivity contribution >= 4 is 17.7 Å². The zero-order valence-electron chi connectivity index (χ0n) is 11.3. The van der Waals surface area contributed by atoms with Crippen molar-refractivity contribution in [1.29, 1.82) is 0 Å². The molecule has 102 valence electrons. The molecule has 2 aliphatic rings. The van der Waals surface area contributed by atoms with Gasteiger partial charge in [0.15, 0.2) is 0 Å². The number of hydrogen-bond acceptors (Lipinski definition) is 3. The standard InChI is InChI=1S/C15H20N2OS/c1-15(14(16)18)6-7-17(10-15)9-12-8-11-4-2-3-5-13(11)19-12/h2-5,12H,6-10H2,1H3,(H2,16,18). The Morgan fingerprint density at radius 3 is 3.00 bits per heavy atom. The average molecular weight is 276 g/mol. The molecule has 2 aliphatic heterocycles. The van der Waals surface area contributed by atoms with Gasteiger partial charge in [0.25, 0.3) is 0 Å². The van der Waals surface area contributed by atoms with Gasteiger partial charge < -0.3 is 10.6 Å². The molecule has 1 fully saturated rings. The van der Waals surface area contributed by atoms with Crippen LogP contribution in [-0.4, -0.2) is 35.7 Å². The van der Waals surface area contributed by atoms with Gasteiger partial charge in [0.1, 0.15) is 0 Å². The second-order valence-electron chi connectivity index (χ2n) is 5.96. The van der Waals surface area contributed by atoms with E-state index in [0.717, 1.165) is 32.5 Å². The molecule has 0 aromatic heterocycles. The monoisotopic (exact) mass is 276 g/mol. The lowest BCUT2D eigenvalue weighted by atomic mass is 9.89. The third-order valence-corrected chi connectivity index (χ3v) is 5.62. The Morgan fingerprint density at radius 1 is 1.53 bits per heavy atom. The van der Waals surface area contributed by atoms with Crippen LogP contribution in [0.1, 0.15) is 18.9 Å². The highest BCUT2D eigenvalue weighted by Crippen LogP contribution is 2.38. The Labute approximate surface area is 118 Å². The van der Waals surface area contributed by atoms with E-state index in [9.17, 15) is 4.79 Å². The Bertz CT molecular complexity index is 480. The summed E-state index contributed by atoms with van der Waals surface area (Å²) in [6.45, 7) is 4.86. The minimum absolute atomic E-state index is 0.155. The maximum absolute atomic E-state index is 11.5. The van der Waals surface area contributed by atoms with Crippen LogP contribution >= 0.6 is 11.8 Å². The number of carbonyl (C=O) groups is 1. The third kappa shape index (κ3) is 2.51. The highest BCUT2D eigenvalue weighted by atomic mass is 32.2. The topological polar surface area (TPSA) is 46.3 Å². The number of thioether (sulfide) groups is 1. The molecular weight excluding hydrogens is 256 g/mol. The first kappa shape index (κ1) is 13.0. The minimum atomic E-state index is -0.323. The molecule has 2 N–H and O–H groups in total. The summed E-state index contributed by atoms with van der Waals surface area (Å²) in [7, 11) is 0. The van der Waals surface area contributed by atoms with Crippen molar-refractivity contribution < 1.29 is 4.79 Å². The van der Waals surface area contributed by atoms with Gasteiger partial charge in [-0.3, -0.25) is 4.79 Å². The molecule has 0 bridgehead atoms. The van der Waals surface area contributed by atoms with Crippen molar-refractivity contribution in [3.63, 3.8) is 0 Å². The van der Waals surface area contributed by atoms with Crippen molar-refractivity contribution in [2.75, 3.05) is 19.6 Å². The van der Waals surface area contributed by atoms with E-state index in [0.29, 0.717) is 5.25 Å². The van der Waals surface area contributed by atoms with Crippen LogP contribution in [0.15, 0.2) is 29.2 Å². The lowest BCUT2D eigenvalue weighted by molar-refractivity contribution is -0.126. The van der Waals surface area contributed by atoms with Crippen LogP contribution in [0.2, 0.25) is 0 Å². The van der Waals surface area contributed by atoms with Crippen LogP contribution in [0.5, 0.6) is 0 Å².